The molecule has 2 aliphatic rings. The number of anilines is 1. The predicted molar refractivity (Wildman–Crippen MR) is 112 cm³/mol. The first-order chi connectivity index (χ1) is 12.0. The number of benzene rings is 2. The number of amides is 1. The van der Waals surface area contributed by atoms with Gasteiger partial charge in [-0.2, -0.15) is 0 Å². The Morgan fingerprint density at radius 2 is 1.84 bits per heavy atom. The van der Waals surface area contributed by atoms with Crippen molar-refractivity contribution in [2.24, 2.45) is 0 Å². The standard InChI is InChI=1S/C17H11BrCl2N2OS2/c18-10-3-1-9(2-4-10)16-22-14(8-25-16)15(23)21(17(22)24)11-5-6-12(19)13(20)7-11/h1-7,14,16H,8H2/t14-,16+/m0/s1. The molecule has 0 bridgehead atoms. The van der Waals surface area contributed by atoms with Crippen LogP contribution in [0.5, 0.6) is 0 Å². The van der Waals surface area contributed by atoms with Crippen molar-refractivity contribution >= 4 is 79.8 Å². The van der Waals surface area contributed by atoms with E-state index in [0.29, 0.717) is 26.6 Å². The molecule has 3 nitrogen and oxygen atoms in total. The van der Waals surface area contributed by atoms with Gasteiger partial charge in [0, 0.05) is 10.2 Å². The molecule has 0 N–H and O–H groups in total. The number of fused-ring (bicyclic) bond motifs is 1. The SMILES string of the molecule is O=C1[C@@H]2CS[C@H](c3ccc(Br)cc3)N2C(=S)N1c1ccc(Cl)c(Cl)c1. The largest absolute Gasteiger partial charge is 0.319 e. The van der Waals surface area contributed by atoms with Gasteiger partial charge < -0.3 is 4.90 Å². The molecule has 2 aromatic rings. The van der Waals surface area contributed by atoms with E-state index in [-0.39, 0.29) is 17.3 Å². The highest BCUT2D eigenvalue weighted by atomic mass is 79.9. The van der Waals surface area contributed by atoms with Crippen LogP contribution in [0.2, 0.25) is 10.0 Å². The lowest BCUT2D eigenvalue weighted by Crippen LogP contribution is -2.33. The average Bonchev–Trinajstić information content (AvgIpc) is 3.12. The number of thiocarbonyl (C=S) groups is 1. The normalized spacial score (nSPS) is 22.7. The van der Waals surface area contributed by atoms with E-state index in [1.807, 2.05) is 17.0 Å². The van der Waals surface area contributed by atoms with Gasteiger partial charge >= 0.3 is 0 Å². The maximum atomic E-state index is 12.9. The van der Waals surface area contributed by atoms with Gasteiger partial charge in [0.1, 0.15) is 11.4 Å². The zero-order valence-corrected chi connectivity index (χ0v) is 17.4. The number of rotatable bonds is 2. The van der Waals surface area contributed by atoms with Crippen molar-refractivity contribution < 1.29 is 4.79 Å². The summed E-state index contributed by atoms with van der Waals surface area (Å²) in [6.07, 6.45) is 0. The second-order valence-electron chi connectivity index (χ2n) is 5.71. The third-order valence-corrected chi connectivity index (χ3v) is 7.22. The van der Waals surface area contributed by atoms with Gasteiger partial charge in [-0.3, -0.25) is 9.69 Å². The molecule has 2 aliphatic heterocycles. The molecule has 4 rings (SSSR count). The first kappa shape index (κ1) is 17.6. The summed E-state index contributed by atoms with van der Waals surface area (Å²) in [5.74, 6) is 0.688. The molecule has 2 aromatic carbocycles. The molecular formula is C17H11BrCl2N2OS2. The monoisotopic (exact) mass is 472 g/mol. The summed E-state index contributed by atoms with van der Waals surface area (Å²) in [4.78, 5) is 16.5. The lowest BCUT2D eigenvalue weighted by molar-refractivity contribution is -0.119. The number of hydrogen-bond acceptors (Lipinski definition) is 3. The van der Waals surface area contributed by atoms with Crippen LogP contribution in [0.1, 0.15) is 10.9 Å². The van der Waals surface area contributed by atoms with E-state index in [0.717, 1.165) is 10.0 Å². The van der Waals surface area contributed by atoms with Crippen molar-refractivity contribution in [2.75, 3.05) is 10.7 Å². The molecule has 0 aromatic heterocycles. The number of halogens is 3. The molecule has 0 spiro atoms. The summed E-state index contributed by atoms with van der Waals surface area (Å²) < 4.78 is 1.02. The van der Waals surface area contributed by atoms with Crippen LogP contribution in [-0.2, 0) is 4.79 Å². The van der Waals surface area contributed by atoms with Crippen molar-refractivity contribution in [1.29, 1.82) is 0 Å². The molecule has 8 heteroatoms. The average molecular weight is 474 g/mol. The molecule has 25 heavy (non-hydrogen) atoms. The fraction of sp³-hybridized carbons (Fsp3) is 0.176. The Kier molecular flexibility index (Phi) is 4.75. The van der Waals surface area contributed by atoms with Gasteiger partial charge in [-0.05, 0) is 48.1 Å². The molecule has 2 fully saturated rings. The smallest absolute Gasteiger partial charge is 0.257 e. The maximum absolute atomic E-state index is 12.9. The van der Waals surface area contributed by atoms with Gasteiger partial charge in [-0.25, -0.2) is 0 Å². The van der Waals surface area contributed by atoms with Crippen LogP contribution in [0.3, 0.4) is 0 Å². The third-order valence-electron chi connectivity index (χ3n) is 4.23. The van der Waals surface area contributed by atoms with Gasteiger partial charge in [-0.1, -0.05) is 51.3 Å². The molecule has 128 valence electrons. The third kappa shape index (κ3) is 2.98. The minimum Gasteiger partial charge on any atom is -0.319 e. The quantitative estimate of drug-likeness (QED) is 0.537. The lowest BCUT2D eigenvalue weighted by atomic mass is 10.2. The topological polar surface area (TPSA) is 23.6 Å². The van der Waals surface area contributed by atoms with Gasteiger partial charge in [0.05, 0.1) is 15.7 Å². The number of hydrogen-bond donors (Lipinski definition) is 0. The second-order valence-corrected chi connectivity index (χ2v) is 8.92. The van der Waals surface area contributed by atoms with Crippen LogP contribution in [0.4, 0.5) is 5.69 Å². The van der Waals surface area contributed by atoms with Crippen LogP contribution in [0.15, 0.2) is 46.9 Å². The summed E-state index contributed by atoms with van der Waals surface area (Å²) in [7, 11) is 0. The van der Waals surface area contributed by atoms with Crippen LogP contribution in [0.25, 0.3) is 0 Å². The zero-order valence-electron chi connectivity index (χ0n) is 12.7. The zero-order chi connectivity index (χ0) is 17.7. The van der Waals surface area contributed by atoms with Crippen molar-refractivity contribution in [2.45, 2.75) is 11.4 Å². The van der Waals surface area contributed by atoms with Crippen molar-refractivity contribution in [3.8, 4) is 0 Å². The number of nitrogens with zero attached hydrogens (tertiary/aromatic N) is 2. The summed E-state index contributed by atoms with van der Waals surface area (Å²) in [5, 5.41) is 1.39. The van der Waals surface area contributed by atoms with E-state index in [1.165, 1.54) is 0 Å². The van der Waals surface area contributed by atoms with Crippen LogP contribution in [0, 0.1) is 0 Å². The molecule has 0 radical (unpaired) electrons. The first-order valence-corrected chi connectivity index (χ1v) is 10.5. The highest BCUT2D eigenvalue weighted by Gasteiger charge is 2.50. The summed E-state index contributed by atoms with van der Waals surface area (Å²) >= 11 is 22.9. The van der Waals surface area contributed by atoms with Gasteiger partial charge in [-0.15, -0.1) is 11.8 Å². The lowest BCUT2D eigenvalue weighted by Gasteiger charge is -2.25. The van der Waals surface area contributed by atoms with E-state index in [2.05, 4.69) is 28.1 Å². The highest BCUT2D eigenvalue weighted by molar-refractivity contribution is 9.10. The van der Waals surface area contributed by atoms with Crippen LogP contribution < -0.4 is 4.90 Å². The summed E-state index contributed by atoms with van der Waals surface area (Å²) in [6, 6.07) is 13.0. The Labute approximate surface area is 173 Å². The van der Waals surface area contributed by atoms with E-state index in [9.17, 15) is 4.79 Å². The van der Waals surface area contributed by atoms with Gasteiger partial charge in [0.2, 0.25) is 0 Å². The molecule has 2 saturated heterocycles. The molecule has 0 aliphatic carbocycles. The Morgan fingerprint density at radius 3 is 2.52 bits per heavy atom. The number of carbonyl (C=O) groups excluding carboxylic acids is 1. The molecule has 0 unspecified atom stereocenters. The first-order valence-electron chi connectivity index (χ1n) is 7.46. The fourth-order valence-electron chi connectivity index (χ4n) is 3.04. The van der Waals surface area contributed by atoms with Crippen LogP contribution >= 0.6 is 63.1 Å². The van der Waals surface area contributed by atoms with Gasteiger partial charge in [0.25, 0.3) is 5.91 Å². The fourth-order valence-corrected chi connectivity index (χ4v) is 5.51. The Balaban J connectivity index is 1.68. The Bertz CT molecular complexity index is 877. The predicted octanol–water partition coefficient (Wildman–Crippen LogP) is 5.50. The molecule has 2 atom stereocenters. The Hall–Kier alpha value is -0.790. The van der Waals surface area contributed by atoms with E-state index >= 15 is 0 Å². The maximum Gasteiger partial charge on any atom is 0.257 e. The number of thioether (sulfide) groups is 1. The molecule has 2 heterocycles. The summed E-state index contributed by atoms with van der Waals surface area (Å²) in [6.45, 7) is 0. The van der Waals surface area contributed by atoms with Crippen LogP contribution in [-0.4, -0.2) is 27.7 Å². The summed E-state index contributed by atoms with van der Waals surface area (Å²) in [5.41, 5.74) is 1.78. The number of carbonyl (C=O) groups is 1. The van der Waals surface area contributed by atoms with Crippen molar-refractivity contribution in [3.63, 3.8) is 0 Å². The Morgan fingerprint density at radius 1 is 1.12 bits per heavy atom. The minimum atomic E-state index is -0.249. The van der Waals surface area contributed by atoms with Crippen molar-refractivity contribution in [3.05, 3.63) is 62.5 Å². The minimum absolute atomic E-state index is 0.0181. The van der Waals surface area contributed by atoms with Gasteiger partial charge in [0.15, 0.2) is 5.11 Å². The molecule has 0 saturated carbocycles. The van der Waals surface area contributed by atoms with E-state index in [4.69, 9.17) is 35.4 Å². The highest BCUT2D eigenvalue weighted by Crippen LogP contribution is 2.46. The second kappa shape index (κ2) is 6.74. The van der Waals surface area contributed by atoms with E-state index < -0.39 is 0 Å². The molecule has 1 amide bonds. The molecular weight excluding hydrogens is 463 g/mol. The van der Waals surface area contributed by atoms with E-state index in [1.54, 1.807) is 34.9 Å². The van der Waals surface area contributed by atoms with Crippen molar-refractivity contribution in [1.82, 2.24) is 4.90 Å².